The molecular weight excluding hydrogens is 326 g/mol. The highest BCUT2D eigenvalue weighted by Gasteiger charge is 2.27. The number of thiophene rings is 1. The molecule has 1 heterocycles. The van der Waals surface area contributed by atoms with Gasteiger partial charge in [-0.3, -0.25) is 15.6 Å². The van der Waals surface area contributed by atoms with E-state index in [0.29, 0.717) is 23.0 Å². The van der Waals surface area contributed by atoms with Crippen molar-refractivity contribution in [1.29, 1.82) is 0 Å². The van der Waals surface area contributed by atoms with Crippen molar-refractivity contribution in [3.8, 4) is 0 Å². The number of hydrogen-bond donors (Lipinski definition) is 3. The second-order valence-electron chi connectivity index (χ2n) is 6.84. The van der Waals surface area contributed by atoms with Crippen LogP contribution >= 0.6 is 23.6 Å². The fourth-order valence-corrected chi connectivity index (χ4v) is 4.96. The van der Waals surface area contributed by atoms with Crippen LogP contribution in [0.25, 0.3) is 0 Å². The summed E-state index contributed by atoms with van der Waals surface area (Å²) in [6.45, 7) is 4.57. The largest absolute Gasteiger partial charge is 0.358 e. The molecule has 1 fully saturated rings. The number of thiocarbonyl (C=S) groups is 1. The number of carbonyl (C=O) groups excluding carboxylic acids is 1. The molecule has 0 bridgehead atoms. The van der Waals surface area contributed by atoms with Crippen molar-refractivity contribution in [2.24, 2.45) is 11.8 Å². The lowest BCUT2D eigenvalue weighted by Gasteiger charge is -2.35. The molecule has 0 aliphatic heterocycles. The van der Waals surface area contributed by atoms with Gasteiger partial charge in [-0.25, -0.2) is 0 Å². The van der Waals surface area contributed by atoms with Crippen LogP contribution in [0.3, 0.4) is 0 Å². The lowest BCUT2D eigenvalue weighted by Crippen LogP contribution is -2.52. The van der Waals surface area contributed by atoms with Crippen molar-refractivity contribution in [2.45, 2.75) is 58.4 Å². The van der Waals surface area contributed by atoms with Gasteiger partial charge in [0.2, 0.25) is 0 Å². The standard InChI is InChI=1S/C17H25N3OS2/c1-10-5-3-7-13(11(10)2)18-17(22)20-19-16(21)15-9-12-6-4-8-14(12)23-15/h9-11,13H,3-8H2,1-2H3,(H,19,21)(H2,18,20,22)/t10-,11-,13-/m1/s1. The van der Waals surface area contributed by atoms with Gasteiger partial charge in [0, 0.05) is 10.9 Å². The zero-order valence-electron chi connectivity index (χ0n) is 13.8. The monoisotopic (exact) mass is 351 g/mol. The van der Waals surface area contributed by atoms with Gasteiger partial charge in [-0.15, -0.1) is 11.3 Å². The maximum absolute atomic E-state index is 12.2. The topological polar surface area (TPSA) is 53.2 Å². The van der Waals surface area contributed by atoms with E-state index in [-0.39, 0.29) is 5.91 Å². The molecule has 6 heteroatoms. The van der Waals surface area contributed by atoms with Gasteiger partial charge in [0.15, 0.2) is 5.11 Å². The van der Waals surface area contributed by atoms with Crippen molar-refractivity contribution in [1.82, 2.24) is 16.2 Å². The van der Waals surface area contributed by atoms with Gasteiger partial charge in [-0.05, 0) is 61.4 Å². The van der Waals surface area contributed by atoms with Gasteiger partial charge in [0.1, 0.15) is 0 Å². The average Bonchev–Trinajstić information content (AvgIpc) is 3.11. The van der Waals surface area contributed by atoms with Crippen LogP contribution in [0, 0.1) is 11.8 Å². The highest BCUT2D eigenvalue weighted by Crippen LogP contribution is 2.30. The third-order valence-electron chi connectivity index (χ3n) is 5.28. The average molecular weight is 352 g/mol. The van der Waals surface area contributed by atoms with Crippen LogP contribution in [-0.4, -0.2) is 17.1 Å². The number of fused-ring (bicyclic) bond motifs is 1. The first-order valence-corrected chi connectivity index (χ1v) is 9.75. The summed E-state index contributed by atoms with van der Waals surface area (Å²) in [5.74, 6) is 1.21. The van der Waals surface area contributed by atoms with E-state index in [4.69, 9.17) is 12.2 Å². The molecule has 4 nitrogen and oxygen atoms in total. The molecule has 3 atom stereocenters. The summed E-state index contributed by atoms with van der Waals surface area (Å²) in [6.07, 6.45) is 7.09. The minimum atomic E-state index is -0.0985. The van der Waals surface area contributed by atoms with Crippen LogP contribution in [0.2, 0.25) is 0 Å². The van der Waals surface area contributed by atoms with Gasteiger partial charge in [0.25, 0.3) is 5.91 Å². The number of amides is 1. The van der Waals surface area contributed by atoms with Crippen molar-refractivity contribution in [3.63, 3.8) is 0 Å². The molecule has 0 aromatic carbocycles. The molecule has 2 aliphatic carbocycles. The van der Waals surface area contributed by atoms with E-state index in [9.17, 15) is 4.79 Å². The van der Waals surface area contributed by atoms with Crippen LogP contribution in [0.15, 0.2) is 6.07 Å². The normalized spacial score (nSPS) is 26.4. The molecule has 3 rings (SSSR count). The van der Waals surface area contributed by atoms with E-state index < -0.39 is 0 Å². The van der Waals surface area contributed by atoms with Crippen LogP contribution < -0.4 is 16.2 Å². The van der Waals surface area contributed by atoms with Crippen molar-refractivity contribution in [2.75, 3.05) is 0 Å². The number of hydrogen-bond acceptors (Lipinski definition) is 3. The Morgan fingerprint density at radius 1 is 1.22 bits per heavy atom. The zero-order valence-corrected chi connectivity index (χ0v) is 15.4. The van der Waals surface area contributed by atoms with E-state index in [1.54, 1.807) is 11.3 Å². The summed E-state index contributed by atoms with van der Waals surface area (Å²) in [5, 5.41) is 3.86. The summed E-state index contributed by atoms with van der Waals surface area (Å²) in [6, 6.07) is 2.41. The Balaban J connectivity index is 1.47. The number of rotatable bonds is 2. The molecule has 1 aromatic heterocycles. The molecule has 1 amide bonds. The molecule has 126 valence electrons. The zero-order chi connectivity index (χ0) is 16.4. The summed E-state index contributed by atoms with van der Waals surface area (Å²) >= 11 is 6.93. The molecule has 23 heavy (non-hydrogen) atoms. The third kappa shape index (κ3) is 3.86. The second kappa shape index (κ2) is 7.18. The van der Waals surface area contributed by atoms with E-state index in [1.165, 1.54) is 29.7 Å². The maximum atomic E-state index is 12.2. The van der Waals surface area contributed by atoms with E-state index in [2.05, 4.69) is 30.0 Å². The van der Waals surface area contributed by atoms with Gasteiger partial charge in [-0.2, -0.15) is 0 Å². The van der Waals surface area contributed by atoms with Crippen LogP contribution in [0.1, 0.15) is 59.6 Å². The second-order valence-corrected chi connectivity index (χ2v) is 8.38. The van der Waals surface area contributed by atoms with Crippen molar-refractivity contribution < 1.29 is 4.79 Å². The van der Waals surface area contributed by atoms with Crippen LogP contribution in [-0.2, 0) is 12.8 Å². The third-order valence-corrected chi connectivity index (χ3v) is 6.74. The molecule has 1 saturated carbocycles. The van der Waals surface area contributed by atoms with Crippen LogP contribution in [0.5, 0.6) is 0 Å². The van der Waals surface area contributed by atoms with Gasteiger partial charge < -0.3 is 5.32 Å². The summed E-state index contributed by atoms with van der Waals surface area (Å²) in [5.41, 5.74) is 6.92. The molecule has 2 aliphatic rings. The Morgan fingerprint density at radius 2 is 2.04 bits per heavy atom. The first-order chi connectivity index (χ1) is 11.0. The lowest BCUT2D eigenvalue weighted by atomic mass is 9.78. The Hall–Kier alpha value is -1.14. The predicted molar refractivity (Wildman–Crippen MR) is 98.6 cm³/mol. The van der Waals surface area contributed by atoms with E-state index in [1.807, 2.05) is 6.07 Å². The molecule has 0 spiro atoms. The SMILES string of the molecule is C[C@@H]1[C@H](C)CCC[C@H]1NC(=S)NNC(=O)c1cc2c(s1)CCC2. The summed E-state index contributed by atoms with van der Waals surface area (Å²) < 4.78 is 0. The smallest absolute Gasteiger partial charge is 0.279 e. The number of carbonyl (C=O) groups is 1. The number of nitrogens with one attached hydrogen (secondary N) is 3. The first kappa shape index (κ1) is 16.7. The summed E-state index contributed by atoms with van der Waals surface area (Å²) in [7, 11) is 0. The molecule has 0 unspecified atom stereocenters. The Bertz CT molecular complexity index is 577. The minimum Gasteiger partial charge on any atom is -0.358 e. The highest BCUT2D eigenvalue weighted by atomic mass is 32.1. The summed E-state index contributed by atoms with van der Waals surface area (Å²) in [4.78, 5) is 14.3. The molecule has 0 radical (unpaired) electrons. The Kier molecular flexibility index (Phi) is 5.21. The van der Waals surface area contributed by atoms with Gasteiger partial charge >= 0.3 is 0 Å². The van der Waals surface area contributed by atoms with Crippen molar-refractivity contribution >= 4 is 34.6 Å². The molecule has 1 aromatic rings. The number of hydrazine groups is 1. The molecule has 3 N–H and O–H groups in total. The highest BCUT2D eigenvalue weighted by molar-refractivity contribution is 7.80. The Labute approximate surface area is 147 Å². The van der Waals surface area contributed by atoms with Crippen molar-refractivity contribution in [3.05, 3.63) is 21.4 Å². The molecular formula is C17H25N3OS2. The van der Waals surface area contributed by atoms with Gasteiger partial charge in [-0.1, -0.05) is 26.7 Å². The van der Waals surface area contributed by atoms with Gasteiger partial charge in [0.05, 0.1) is 4.88 Å². The van der Waals surface area contributed by atoms with E-state index >= 15 is 0 Å². The quantitative estimate of drug-likeness (QED) is 0.566. The lowest BCUT2D eigenvalue weighted by molar-refractivity contribution is 0.0947. The first-order valence-electron chi connectivity index (χ1n) is 8.53. The predicted octanol–water partition coefficient (Wildman–Crippen LogP) is 3.17. The fraction of sp³-hybridized carbons (Fsp3) is 0.647. The Morgan fingerprint density at radius 3 is 2.83 bits per heavy atom. The minimum absolute atomic E-state index is 0.0985. The van der Waals surface area contributed by atoms with E-state index in [0.717, 1.165) is 24.1 Å². The molecule has 0 saturated heterocycles. The number of aryl methyl sites for hydroxylation is 2. The maximum Gasteiger partial charge on any atom is 0.279 e. The van der Waals surface area contributed by atoms with Crippen LogP contribution in [0.4, 0.5) is 0 Å². The fourth-order valence-electron chi connectivity index (χ4n) is 3.61.